The average Bonchev–Trinajstić information content (AvgIpc) is 3.32. The van der Waals surface area contributed by atoms with Crippen molar-refractivity contribution in [3.05, 3.63) is 35.4 Å². The minimum Gasteiger partial charge on any atom is -0.467 e. The zero-order chi connectivity index (χ0) is 24.3. The van der Waals surface area contributed by atoms with Gasteiger partial charge in [0.25, 0.3) is 0 Å². The monoisotopic (exact) mass is 474 g/mol. The third-order valence-corrected chi connectivity index (χ3v) is 7.44. The Morgan fingerprint density at radius 2 is 1.29 bits per heavy atom. The Balaban J connectivity index is 1.38. The highest BCUT2D eigenvalue weighted by molar-refractivity contribution is 5.86. The number of benzene rings is 1. The van der Waals surface area contributed by atoms with Crippen LogP contribution in [0.1, 0.15) is 95.0 Å². The van der Waals surface area contributed by atoms with Crippen LogP contribution in [0.15, 0.2) is 24.3 Å². The second kappa shape index (κ2) is 13.8. The molecule has 3 rings (SSSR count). The van der Waals surface area contributed by atoms with Crippen molar-refractivity contribution in [2.75, 3.05) is 14.2 Å². The smallest absolute Gasteiger partial charge is 0.338 e. The van der Waals surface area contributed by atoms with Crippen LogP contribution in [-0.4, -0.2) is 38.4 Å². The summed E-state index contributed by atoms with van der Waals surface area (Å²) in [6, 6.07) is 8.02. The van der Waals surface area contributed by atoms with Gasteiger partial charge < -0.3 is 18.9 Å². The average molecular weight is 475 g/mol. The topological polar surface area (TPSA) is 71.1 Å². The van der Waals surface area contributed by atoms with E-state index in [0.717, 1.165) is 23.8 Å². The minimum atomic E-state index is -1.13. The summed E-state index contributed by atoms with van der Waals surface area (Å²) in [5.41, 5.74) is 2.04. The third-order valence-electron chi connectivity index (χ3n) is 7.44. The summed E-state index contributed by atoms with van der Waals surface area (Å²) in [7, 11) is 2.50. The Labute approximate surface area is 204 Å². The molecule has 1 aromatic rings. The van der Waals surface area contributed by atoms with Crippen LogP contribution in [0.3, 0.4) is 0 Å². The molecule has 0 radical (unpaired) electrons. The molecule has 190 valence electrons. The molecule has 0 unspecified atom stereocenters. The van der Waals surface area contributed by atoms with Gasteiger partial charge in [0.1, 0.15) is 0 Å². The van der Waals surface area contributed by atoms with E-state index in [0.29, 0.717) is 0 Å². The van der Waals surface area contributed by atoms with Crippen LogP contribution in [0, 0.1) is 11.8 Å². The van der Waals surface area contributed by atoms with Crippen molar-refractivity contribution in [3.63, 3.8) is 0 Å². The van der Waals surface area contributed by atoms with Gasteiger partial charge in [-0.2, -0.15) is 0 Å². The van der Waals surface area contributed by atoms with Gasteiger partial charge in [-0.3, -0.25) is 0 Å². The van der Waals surface area contributed by atoms with Crippen molar-refractivity contribution >= 4 is 11.9 Å². The highest BCUT2D eigenvalue weighted by Crippen LogP contribution is 2.35. The van der Waals surface area contributed by atoms with Gasteiger partial charge >= 0.3 is 11.9 Å². The molecule has 2 atom stereocenters. The molecule has 0 N–H and O–H groups in total. The maximum absolute atomic E-state index is 12.0. The molecule has 6 heteroatoms. The summed E-state index contributed by atoms with van der Waals surface area (Å²) in [5.74, 6) is 0.603. The van der Waals surface area contributed by atoms with Crippen LogP contribution in [0.5, 0.6) is 0 Å². The number of methoxy groups -OCH3 is 2. The number of rotatable bonds is 12. The number of aryl methyl sites for hydroxylation is 1. The van der Waals surface area contributed by atoms with Crippen LogP contribution >= 0.6 is 0 Å². The molecule has 0 aromatic heterocycles. The fraction of sp³-hybridized carbons (Fsp3) is 0.714. The molecule has 1 aliphatic carbocycles. The molecule has 1 aliphatic heterocycles. The molecule has 1 saturated carbocycles. The first-order valence-electron chi connectivity index (χ1n) is 13.1. The van der Waals surface area contributed by atoms with E-state index in [9.17, 15) is 9.59 Å². The lowest BCUT2D eigenvalue weighted by Crippen LogP contribution is -2.38. The van der Waals surface area contributed by atoms with Gasteiger partial charge in [-0.1, -0.05) is 95.4 Å². The van der Waals surface area contributed by atoms with Crippen LogP contribution in [0.4, 0.5) is 0 Å². The van der Waals surface area contributed by atoms with E-state index in [-0.39, 0.29) is 0 Å². The highest BCUT2D eigenvalue weighted by atomic mass is 16.8. The molecule has 2 fully saturated rings. The number of unbranched alkanes of at least 4 members (excludes halogenated alkanes) is 3. The Bertz CT molecular complexity index is 729. The molecule has 6 nitrogen and oxygen atoms in total. The van der Waals surface area contributed by atoms with Crippen molar-refractivity contribution in [3.8, 4) is 0 Å². The molecule has 1 aromatic carbocycles. The lowest BCUT2D eigenvalue weighted by atomic mass is 9.78. The molecular weight excluding hydrogens is 432 g/mol. The van der Waals surface area contributed by atoms with E-state index < -0.39 is 30.4 Å². The molecular formula is C28H42O6. The summed E-state index contributed by atoms with van der Waals surface area (Å²) >= 11 is 0. The maximum Gasteiger partial charge on any atom is 0.338 e. The number of carbonyl (C=O) groups is 2. The van der Waals surface area contributed by atoms with E-state index in [1.54, 1.807) is 0 Å². The van der Waals surface area contributed by atoms with Crippen molar-refractivity contribution in [2.45, 2.75) is 102 Å². The standard InChI is InChI=1S/C28H42O6/c1-4-5-6-9-20-12-14-21(15-13-20)10-7-8-11-22-16-18-23(19-17-22)28-33-24(26(29)31-2)25(34-28)27(30)32-3/h16-21,24-25,28H,4-15H2,1-3H3/t20?,21?,24-,25-/m1/s1. The Kier molecular flexibility index (Phi) is 10.9. The lowest BCUT2D eigenvalue weighted by molar-refractivity contribution is -0.160. The van der Waals surface area contributed by atoms with Gasteiger partial charge in [-0.25, -0.2) is 9.59 Å². The zero-order valence-electron chi connectivity index (χ0n) is 21.1. The molecule has 34 heavy (non-hydrogen) atoms. The molecule has 1 saturated heterocycles. The summed E-state index contributed by atoms with van der Waals surface area (Å²) in [6.45, 7) is 2.28. The van der Waals surface area contributed by atoms with E-state index in [2.05, 4.69) is 19.1 Å². The first-order chi connectivity index (χ1) is 16.5. The third kappa shape index (κ3) is 7.54. The second-order valence-electron chi connectivity index (χ2n) is 9.86. The maximum atomic E-state index is 12.0. The largest absolute Gasteiger partial charge is 0.467 e. The summed E-state index contributed by atoms with van der Waals surface area (Å²) in [5, 5.41) is 0. The van der Waals surface area contributed by atoms with Crippen molar-refractivity contribution in [1.82, 2.24) is 0 Å². The molecule has 1 heterocycles. The number of hydrogen-bond acceptors (Lipinski definition) is 6. The van der Waals surface area contributed by atoms with Crippen LogP contribution in [0.2, 0.25) is 0 Å². The van der Waals surface area contributed by atoms with Gasteiger partial charge in [0, 0.05) is 5.56 Å². The number of carbonyl (C=O) groups excluding carboxylic acids is 2. The normalized spacial score (nSPS) is 25.3. The second-order valence-corrected chi connectivity index (χ2v) is 9.86. The summed E-state index contributed by atoms with van der Waals surface area (Å²) in [6.07, 6.45) is 13.1. The van der Waals surface area contributed by atoms with Gasteiger partial charge in [0.2, 0.25) is 0 Å². The quantitative estimate of drug-likeness (QED) is 0.277. The van der Waals surface area contributed by atoms with Gasteiger partial charge in [-0.15, -0.1) is 0 Å². The predicted octanol–water partition coefficient (Wildman–Crippen LogP) is 5.91. The lowest BCUT2D eigenvalue weighted by Gasteiger charge is -2.28. The first-order valence-corrected chi connectivity index (χ1v) is 13.1. The van der Waals surface area contributed by atoms with E-state index in [1.807, 2.05) is 12.1 Å². The Morgan fingerprint density at radius 3 is 1.76 bits per heavy atom. The summed E-state index contributed by atoms with van der Waals surface area (Å²) in [4.78, 5) is 23.9. The summed E-state index contributed by atoms with van der Waals surface area (Å²) < 4.78 is 20.8. The number of ether oxygens (including phenoxy) is 4. The number of hydrogen-bond donors (Lipinski definition) is 0. The highest BCUT2D eigenvalue weighted by Gasteiger charge is 2.47. The fourth-order valence-corrected chi connectivity index (χ4v) is 5.28. The number of esters is 2. The van der Waals surface area contributed by atoms with Crippen molar-refractivity contribution in [2.24, 2.45) is 11.8 Å². The van der Waals surface area contributed by atoms with Gasteiger partial charge in [-0.05, 0) is 30.2 Å². The van der Waals surface area contributed by atoms with Crippen LogP contribution < -0.4 is 0 Å². The SMILES string of the molecule is CCCCCC1CCC(CCCCc2ccc(C3O[C@@H](C(=O)OC)[C@H](C(=O)OC)O3)cc2)CC1. The van der Waals surface area contributed by atoms with Crippen molar-refractivity contribution < 1.29 is 28.5 Å². The molecule has 0 amide bonds. The first kappa shape index (κ1) is 26.7. The zero-order valence-corrected chi connectivity index (χ0v) is 21.1. The molecule has 0 spiro atoms. The van der Waals surface area contributed by atoms with Crippen LogP contribution in [-0.2, 0) is 35.0 Å². The molecule has 0 bridgehead atoms. The minimum absolute atomic E-state index is 0.653. The van der Waals surface area contributed by atoms with Gasteiger partial charge in [0.15, 0.2) is 18.5 Å². The van der Waals surface area contributed by atoms with E-state index in [4.69, 9.17) is 18.9 Å². The van der Waals surface area contributed by atoms with Crippen molar-refractivity contribution in [1.29, 1.82) is 0 Å². The Morgan fingerprint density at radius 1 is 0.794 bits per heavy atom. The van der Waals surface area contributed by atoms with E-state index in [1.165, 1.54) is 90.4 Å². The molecule has 2 aliphatic rings. The predicted molar refractivity (Wildman–Crippen MR) is 130 cm³/mol. The van der Waals surface area contributed by atoms with Gasteiger partial charge in [0.05, 0.1) is 14.2 Å². The van der Waals surface area contributed by atoms with Crippen LogP contribution in [0.25, 0.3) is 0 Å². The fourth-order valence-electron chi connectivity index (χ4n) is 5.28. The van der Waals surface area contributed by atoms with E-state index >= 15 is 0 Å². The Hall–Kier alpha value is -1.92.